The van der Waals surface area contributed by atoms with Crippen molar-refractivity contribution in [3.05, 3.63) is 29.8 Å². The molecule has 0 radical (unpaired) electrons. The highest BCUT2D eigenvalue weighted by Crippen LogP contribution is 2.73. The fourth-order valence-electron chi connectivity index (χ4n) is 7.41. The minimum Gasteiger partial charge on any atom is -0.506 e. The average Bonchev–Trinajstić information content (AvgIpc) is 3.05. The number of benzene rings is 1. The zero-order chi connectivity index (χ0) is 22.3. The zero-order valence-electron chi connectivity index (χ0n) is 18.6. The molecule has 1 aromatic rings. The summed E-state index contributed by atoms with van der Waals surface area (Å²) in [5.74, 6) is 0.390. The van der Waals surface area contributed by atoms with Crippen LogP contribution in [0.15, 0.2) is 24.3 Å². The first-order chi connectivity index (χ1) is 14.5. The Hall–Kier alpha value is -2.34. The van der Waals surface area contributed by atoms with Crippen molar-refractivity contribution < 1.29 is 24.5 Å². The summed E-state index contributed by atoms with van der Waals surface area (Å²) in [7, 11) is 0. The normalized spacial score (nSPS) is 42.1. The third kappa shape index (κ3) is 2.67. The summed E-state index contributed by atoms with van der Waals surface area (Å²) < 4.78 is 6.55. The largest absolute Gasteiger partial charge is 0.506 e. The van der Waals surface area contributed by atoms with E-state index in [1.165, 1.54) is 6.07 Å². The second-order valence-corrected chi connectivity index (χ2v) is 10.7. The zero-order valence-corrected chi connectivity index (χ0v) is 18.6. The molecule has 2 aliphatic heterocycles. The van der Waals surface area contributed by atoms with E-state index >= 15 is 0 Å². The van der Waals surface area contributed by atoms with Crippen molar-refractivity contribution in [2.45, 2.75) is 65.1 Å². The monoisotopic (exact) mass is 425 g/mol. The Morgan fingerprint density at radius 2 is 2.03 bits per heavy atom. The molecular formula is C25H31NO5. The van der Waals surface area contributed by atoms with E-state index in [0.29, 0.717) is 23.8 Å². The number of carbonyl (C=O) groups excluding carboxylic acids is 2. The lowest BCUT2D eigenvalue weighted by molar-refractivity contribution is -0.174. The second kappa shape index (κ2) is 6.35. The number of anilines is 1. The molecular weight excluding hydrogens is 394 g/mol. The molecule has 1 amide bonds. The van der Waals surface area contributed by atoms with Crippen molar-refractivity contribution in [3.63, 3.8) is 0 Å². The quantitative estimate of drug-likeness (QED) is 0.632. The molecule has 1 aromatic carbocycles. The van der Waals surface area contributed by atoms with E-state index in [0.717, 1.165) is 12.8 Å². The molecule has 6 nitrogen and oxygen atoms in total. The number of aromatic hydroxyl groups is 2. The number of hydrogen-bond acceptors (Lipinski definition) is 5. The summed E-state index contributed by atoms with van der Waals surface area (Å²) in [4.78, 5) is 25.9. The number of aryl methyl sites for hydroxylation is 1. The van der Waals surface area contributed by atoms with Crippen LogP contribution in [-0.4, -0.2) is 33.6 Å². The highest BCUT2D eigenvalue weighted by atomic mass is 16.5. The van der Waals surface area contributed by atoms with Gasteiger partial charge in [-0.05, 0) is 68.1 Å². The Morgan fingerprint density at radius 1 is 1.29 bits per heavy atom. The molecule has 5 unspecified atom stereocenters. The van der Waals surface area contributed by atoms with E-state index in [1.807, 2.05) is 6.92 Å². The van der Waals surface area contributed by atoms with Gasteiger partial charge >= 0.3 is 0 Å². The van der Waals surface area contributed by atoms with E-state index in [1.54, 1.807) is 19.1 Å². The standard InChI is InChI=1S/C25H31NO5/c1-13-5-6-16(27)19(20(13)30)26-18(29)8-9-23(3)17(28)7-10-25-11-15-14(2)21(22(23)25)31-24(15,4)12-25/h5-7,10,14-15,21-22,27,30H,8-9,11-12H2,1-4H3,(H,26,29)/t14-,15?,21?,22?,23+,24?,25?/m0/s1. The van der Waals surface area contributed by atoms with Gasteiger partial charge in [-0.25, -0.2) is 0 Å². The number of ether oxygens (including phenoxy) is 1. The molecule has 4 bridgehead atoms. The Kier molecular flexibility index (Phi) is 4.21. The van der Waals surface area contributed by atoms with Crippen molar-refractivity contribution in [2.75, 3.05) is 5.32 Å². The molecule has 2 saturated carbocycles. The third-order valence-corrected chi connectivity index (χ3v) is 8.88. The molecule has 6 rings (SSSR count). The molecule has 31 heavy (non-hydrogen) atoms. The predicted molar refractivity (Wildman–Crippen MR) is 116 cm³/mol. The van der Waals surface area contributed by atoms with Crippen molar-refractivity contribution in [3.8, 4) is 11.5 Å². The van der Waals surface area contributed by atoms with Crippen LogP contribution in [0.4, 0.5) is 5.69 Å². The van der Waals surface area contributed by atoms with Gasteiger partial charge in [0, 0.05) is 17.8 Å². The minimum absolute atomic E-state index is 0.0181. The Morgan fingerprint density at radius 3 is 2.74 bits per heavy atom. The predicted octanol–water partition coefficient (Wildman–Crippen LogP) is 4.09. The van der Waals surface area contributed by atoms with E-state index in [4.69, 9.17) is 4.74 Å². The highest BCUT2D eigenvalue weighted by Gasteiger charge is 2.73. The molecule has 5 aliphatic rings. The van der Waals surface area contributed by atoms with E-state index in [2.05, 4.69) is 25.2 Å². The summed E-state index contributed by atoms with van der Waals surface area (Å²) >= 11 is 0. The van der Waals surface area contributed by atoms with Crippen LogP contribution >= 0.6 is 0 Å². The molecule has 4 fully saturated rings. The Bertz CT molecular complexity index is 1020. The van der Waals surface area contributed by atoms with Gasteiger partial charge in [-0.3, -0.25) is 9.59 Å². The minimum atomic E-state index is -0.682. The number of phenols is 2. The van der Waals surface area contributed by atoms with Crippen LogP contribution < -0.4 is 5.32 Å². The fourth-order valence-corrected chi connectivity index (χ4v) is 7.41. The van der Waals surface area contributed by atoms with Gasteiger partial charge in [0.15, 0.2) is 5.78 Å². The molecule has 6 heteroatoms. The van der Waals surface area contributed by atoms with Crippen LogP contribution in [-0.2, 0) is 14.3 Å². The van der Waals surface area contributed by atoms with E-state index in [-0.39, 0.29) is 58.3 Å². The van der Waals surface area contributed by atoms with Crippen LogP contribution in [0.1, 0.15) is 52.0 Å². The SMILES string of the molecule is Cc1ccc(O)c(NC(=O)CC[C@]2(C)C(=O)C=CC34CC5[C@H](C)C(OC5(C)C3)C42)c1O. The lowest BCUT2D eigenvalue weighted by Gasteiger charge is -2.56. The van der Waals surface area contributed by atoms with E-state index in [9.17, 15) is 19.8 Å². The maximum Gasteiger partial charge on any atom is 0.224 e. The van der Waals surface area contributed by atoms with Gasteiger partial charge in [-0.15, -0.1) is 0 Å². The first-order valence-electron chi connectivity index (χ1n) is 11.2. The topological polar surface area (TPSA) is 95.9 Å². The number of nitrogens with one attached hydrogen (secondary N) is 1. The van der Waals surface area contributed by atoms with Crippen LogP contribution in [0.25, 0.3) is 0 Å². The highest BCUT2D eigenvalue weighted by molar-refractivity contribution is 5.98. The molecule has 1 spiro atoms. The van der Waals surface area contributed by atoms with Gasteiger partial charge in [0.05, 0.1) is 11.7 Å². The molecule has 166 valence electrons. The van der Waals surface area contributed by atoms with Crippen LogP contribution in [0.5, 0.6) is 11.5 Å². The third-order valence-electron chi connectivity index (χ3n) is 8.88. The molecule has 7 atom stereocenters. The smallest absolute Gasteiger partial charge is 0.224 e. The number of carbonyl (C=O) groups is 2. The summed E-state index contributed by atoms with van der Waals surface area (Å²) in [6.07, 6.45) is 6.42. The first-order valence-corrected chi connectivity index (χ1v) is 11.2. The van der Waals surface area contributed by atoms with Gasteiger partial charge < -0.3 is 20.3 Å². The number of phenolic OH excluding ortho intramolecular Hbond substituents is 2. The van der Waals surface area contributed by atoms with Crippen LogP contribution in [0.3, 0.4) is 0 Å². The summed E-state index contributed by atoms with van der Waals surface area (Å²) in [6.45, 7) is 8.15. The lowest BCUT2D eigenvalue weighted by atomic mass is 9.49. The van der Waals surface area contributed by atoms with Crippen molar-refractivity contribution >= 4 is 17.4 Å². The Labute approximate surface area is 182 Å². The van der Waals surface area contributed by atoms with Gasteiger partial charge in [-0.2, -0.15) is 0 Å². The average molecular weight is 426 g/mol. The van der Waals surface area contributed by atoms with Gasteiger partial charge in [0.2, 0.25) is 5.91 Å². The summed E-state index contributed by atoms with van der Waals surface area (Å²) in [6, 6.07) is 3.02. The van der Waals surface area contributed by atoms with Crippen molar-refractivity contribution in [2.24, 2.45) is 28.6 Å². The second-order valence-electron chi connectivity index (χ2n) is 10.7. The first kappa shape index (κ1) is 20.6. The van der Waals surface area contributed by atoms with E-state index < -0.39 is 5.41 Å². The summed E-state index contributed by atoms with van der Waals surface area (Å²) in [5.41, 5.74) is -0.236. The number of amides is 1. The number of allylic oxidation sites excluding steroid dienone is 2. The van der Waals surface area contributed by atoms with Crippen LogP contribution in [0, 0.1) is 35.5 Å². The molecule has 0 aromatic heterocycles. The number of hydrogen-bond donors (Lipinski definition) is 3. The van der Waals surface area contributed by atoms with Crippen molar-refractivity contribution in [1.82, 2.24) is 0 Å². The Balaban J connectivity index is 1.38. The van der Waals surface area contributed by atoms with Crippen molar-refractivity contribution in [1.29, 1.82) is 0 Å². The van der Waals surface area contributed by atoms with Gasteiger partial charge in [0.1, 0.15) is 17.2 Å². The fraction of sp³-hybridized carbons (Fsp3) is 0.600. The maximum absolute atomic E-state index is 13.2. The summed E-state index contributed by atoms with van der Waals surface area (Å²) in [5, 5.41) is 22.9. The molecule has 3 N–H and O–H groups in total. The van der Waals surface area contributed by atoms with Gasteiger partial charge in [-0.1, -0.05) is 26.0 Å². The maximum atomic E-state index is 13.2. The molecule has 3 aliphatic carbocycles. The van der Waals surface area contributed by atoms with Crippen LogP contribution in [0.2, 0.25) is 0 Å². The molecule has 2 saturated heterocycles. The number of rotatable bonds is 4. The lowest BCUT2D eigenvalue weighted by Crippen LogP contribution is -2.58. The molecule has 2 heterocycles. The number of ketones is 1. The van der Waals surface area contributed by atoms with Gasteiger partial charge in [0.25, 0.3) is 0 Å².